The van der Waals surface area contributed by atoms with Crippen molar-refractivity contribution in [2.24, 2.45) is 0 Å². The number of aromatic nitrogens is 1. The normalized spacial score (nSPS) is 13.4. The molecule has 0 aliphatic carbocycles. The molecule has 0 aliphatic heterocycles. The van der Waals surface area contributed by atoms with Gasteiger partial charge in [0, 0.05) is 24.7 Å². The predicted molar refractivity (Wildman–Crippen MR) is 96.4 cm³/mol. The Morgan fingerprint density at radius 2 is 2.00 bits per heavy atom. The van der Waals surface area contributed by atoms with E-state index in [9.17, 15) is 9.90 Å². The minimum atomic E-state index is -0.620. The third kappa shape index (κ3) is 4.36. The average molecular weight is 339 g/mol. The zero-order valence-electron chi connectivity index (χ0n) is 14.2. The summed E-state index contributed by atoms with van der Waals surface area (Å²) in [5.74, 6) is 0.583. The minimum absolute atomic E-state index is 0.188. The van der Waals surface area contributed by atoms with E-state index in [1.54, 1.807) is 25.1 Å². The second-order valence-electron chi connectivity index (χ2n) is 6.08. The lowest BCUT2D eigenvalue weighted by Gasteiger charge is -2.18. The molecule has 0 aliphatic rings. The highest BCUT2D eigenvalue weighted by molar-refractivity contribution is 5.91. The molecule has 2 aromatic carbocycles. The Morgan fingerprint density at radius 1 is 1.24 bits per heavy atom. The van der Waals surface area contributed by atoms with Gasteiger partial charge in [-0.25, -0.2) is 9.78 Å². The van der Waals surface area contributed by atoms with Crippen molar-refractivity contribution < 1.29 is 14.3 Å². The number of rotatable bonds is 5. The van der Waals surface area contributed by atoms with Crippen molar-refractivity contribution in [3.05, 3.63) is 60.0 Å². The van der Waals surface area contributed by atoms with Crippen LogP contribution in [0.5, 0.6) is 0 Å². The summed E-state index contributed by atoms with van der Waals surface area (Å²) < 4.78 is 5.46. The van der Waals surface area contributed by atoms with E-state index < -0.39 is 6.10 Å². The number of aliphatic hydroxyl groups is 1. The van der Waals surface area contributed by atoms with Crippen LogP contribution in [0.4, 0.5) is 10.5 Å². The van der Waals surface area contributed by atoms with Crippen LogP contribution in [0.2, 0.25) is 0 Å². The second kappa shape index (κ2) is 7.36. The highest BCUT2D eigenvalue weighted by Gasteiger charge is 2.14. The van der Waals surface area contributed by atoms with Gasteiger partial charge in [0.25, 0.3) is 0 Å². The van der Waals surface area contributed by atoms with Gasteiger partial charge in [-0.05, 0) is 31.0 Å². The fourth-order valence-electron chi connectivity index (χ4n) is 2.71. The fourth-order valence-corrected chi connectivity index (χ4v) is 2.71. The maximum Gasteiger partial charge on any atom is 0.319 e. The number of carbonyl (C=O) groups is 1. The maximum absolute atomic E-state index is 12.1. The molecule has 130 valence electrons. The molecule has 0 saturated carbocycles. The summed E-state index contributed by atoms with van der Waals surface area (Å²) in [6.07, 6.45) is -0.192. The smallest absolute Gasteiger partial charge is 0.319 e. The number of nitrogens with zero attached hydrogens (tertiary/aromatic N) is 1. The molecule has 0 radical (unpaired) electrons. The topological polar surface area (TPSA) is 87.4 Å². The summed E-state index contributed by atoms with van der Waals surface area (Å²) in [5.41, 5.74) is 2.84. The number of amides is 2. The van der Waals surface area contributed by atoms with E-state index >= 15 is 0 Å². The van der Waals surface area contributed by atoms with E-state index in [-0.39, 0.29) is 12.1 Å². The van der Waals surface area contributed by atoms with Crippen molar-refractivity contribution in [3.63, 3.8) is 0 Å². The van der Waals surface area contributed by atoms with E-state index in [0.29, 0.717) is 23.6 Å². The number of aliphatic hydroxyl groups excluding tert-OH is 1. The predicted octanol–water partition coefficient (Wildman–Crippen LogP) is 3.77. The van der Waals surface area contributed by atoms with Crippen LogP contribution in [-0.2, 0) is 0 Å². The molecule has 3 rings (SSSR count). The number of oxazole rings is 1. The van der Waals surface area contributed by atoms with Crippen molar-refractivity contribution in [2.45, 2.75) is 32.4 Å². The number of fused-ring (bicyclic) bond motifs is 1. The molecular weight excluding hydrogens is 318 g/mol. The second-order valence-corrected chi connectivity index (χ2v) is 6.08. The first-order valence-corrected chi connectivity index (χ1v) is 8.19. The molecular formula is C19H21N3O3. The highest BCUT2D eigenvalue weighted by Crippen LogP contribution is 2.20. The molecule has 0 saturated heterocycles. The van der Waals surface area contributed by atoms with E-state index in [1.807, 2.05) is 37.3 Å². The van der Waals surface area contributed by atoms with E-state index in [1.165, 1.54) is 0 Å². The van der Waals surface area contributed by atoms with Gasteiger partial charge in [-0.15, -0.1) is 0 Å². The summed E-state index contributed by atoms with van der Waals surface area (Å²) in [6.45, 7) is 3.63. The van der Waals surface area contributed by atoms with Gasteiger partial charge in [-0.3, -0.25) is 0 Å². The molecule has 1 aromatic heterocycles. The molecule has 2 amide bonds. The third-order valence-corrected chi connectivity index (χ3v) is 3.89. The Labute approximate surface area is 145 Å². The largest absolute Gasteiger partial charge is 0.441 e. The van der Waals surface area contributed by atoms with Crippen LogP contribution in [0.25, 0.3) is 11.1 Å². The van der Waals surface area contributed by atoms with Gasteiger partial charge in [0.1, 0.15) is 5.52 Å². The van der Waals surface area contributed by atoms with Gasteiger partial charge >= 0.3 is 6.03 Å². The summed E-state index contributed by atoms with van der Waals surface area (Å²) in [4.78, 5) is 16.4. The quantitative estimate of drug-likeness (QED) is 0.660. The van der Waals surface area contributed by atoms with Crippen molar-refractivity contribution in [3.8, 4) is 0 Å². The van der Waals surface area contributed by atoms with Crippen molar-refractivity contribution >= 4 is 22.8 Å². The first-order valence-electron chi connectivity index (χ1n) is 8.19. The van der Waals surface area contributed by atoms with Crippen LogP contribution in [0, 0.1) is 6.92 Å². The number of hydrogen-bond acceptors (Lipinski definition) is 4. The minimum Gasteiger partial charge on any atom is -0.441 e. The number of hydrogen-bond donors (Lipinski definition) is 3. The molecule has 3 aromatic rings. The monoisotopic (exact) mass is 339 g/mol. The van der Waals surface area contributed by atoms with Crippen LogP contribution in [0.1, 0.15) is 30.9 Å². The van der Waals surface area contributed by atoms with Crippen LogP contribution in [0.15, 0.2) is 52.9 Å². The van der Waals surface area contributed by atoms with Crippen LogP contribution < -0.4 is 10.6 Å². The Hall–Kier alpha value is -2.86. The summed E-state index contributed by atoms with van der Waals surface area (Å²) in [6, 6.07) is 14.2. The average Bonchev–Trinajstić information content (AvgIpc) is 2.94. The molecule has 2 unspecified atom stereocenters. The number of benzene rings is 2. The number of anilines is 1. The Kier molecular flexibility index (Phi) is 5.00. The summed E-state index contributed by atoms with van der Waals surface area (Å²) in [7, 11) is 0. The van der Waals surface area contributed by atoms with Crippen LogP contribution in [0.3, 0.4) is 0 Å². The molecule has 2 atom stereocenters. The number of urea groups is 1. The number of nitrogens with one attached hydrogen (secondary N) is 2. The first kappa shape index (κ1) is 17.0. The van der Waals surface area contributed by atoms with E-state index in [2.05, 4.69) is 15.6 Å². The zero-order valence-corrected chi connectivity index (χ0v) is 14.2. The van der Waals surface area contributed by atoms with Crippen LogP contribution in [-0.4, -0.2) is 22.2 Å². The summed E-state index contributed by atoms with van der Waals surface area (Å²) >= 11 is 0. The molecule has 6 heteroatoms. The Bertz CT molecular complexity index is 861. The van der Waals surface area contributed by atoms with Gasteiger partial charge in [0.15, 0.2) is 11.5 Å². The Morgan fingerprint density at radius 3 is 2.76 bits per heavy atom. The number of carbonyl (C=O) groups excluding carboxylic acids is 1. The van der Waals surface area contributed by atoms with E-state index in [0.717, 1.165) is 11.1 Å². The maximum atomic E-state index is 12.1. The first-order chi connectivity index (χ1) is 12.0. The fraction of sp³-hybridized carbons (Fsp3) is 0.263. The van der Waals surface area contributed by atoms with Gasteiger partial charge in [-0.2, -0.15) is 0 Å². The molecule has 6 nitrogen and oxygen atoms in total. The molecule has 1 heterocycles. The van der Waals surface area contributed by atoms with Gasteiger partial charge in [-0.1, -0.05) is 30.3 Å². The zero-order chi connectivity index (χ0) is 17.8. The van der Waals surface area contributed by atoms with E-state index in [4.69, 9.17) is 4.42 Å². The van der Waals surface area contributed by atoms with Crippen molar-refractivity contribution in [1.82, 2.24) is 10.3 Å². The lowest BCUT2D eigenvalue weighted by molar-refractivity contribution is 0.155. The van der Waals surface area contributed by atoms with Gasteiger partial charge in [0.05, 0.1) is 6.10 Å². The lowest BCUT2D eigenvalue weighted by Crippen LogP contribution is -2.37. The van der Waals surface area contributed by atoms with Crippen molar-refractivity contribution in [2.75, 3.05) is 5.32 Å². The van der Waals surface area contributed by atoms with Gasteiger partial charge in [0.2, 0.25) is 0 Å². The van der Waals surface area contributed by atoms with Crippen molar-refractivity contribution in [1.29, 1.82) is 0 Å². The SMILES string of the molecule is Cc1nc2ccc(NC(=O)NC(C)CC(O)c3ccccc3)cc2o1. The van der Waals surface area contributed by atoms with Gasteiger partial charge < -0.3 is 20.2 Å². The molecule has 25 heavy (non-hydrogen) atoms. The third-order valence-electron chi connectivity index (χ3n) is 3.89. The highest BCUT2D eigenvalue weighted by atomic mass is 16.3. The number of aryl methyl sites for hydroxylation is 1. The molecule has 0 fully saturated rings. The van der Waals surface area contributed by atoms with Crippen LogP contribution >= 0.6 is 0 Å². The molecule has 3 N–H and O–H groups in total. The lowest BCUT2D eigenvalue weighted by atomic mass is 10.0. The summed E-state index contributed by atoms with van der Waals surface area (Å²) in [5, 5.41) is 15.8. The standard InChI is InChI=1S/C19H21N3O3/c1-12(10-17(23)14-6-4-3-5-7-14)20-19(24)22-15-8-9-16-18(11-15)25-13(2)21-16/h3-9,11-12,17,23H,10H2,1-2H3,(H2,20,22,24). The molecule has 0 bridgehead atoms. The molecule has 0 spiro atoms. The Balaban J connectivity index is 1.55.